The van der Waals surface area contributed by atoms with Gasteiger partial charge in [0.15, 0.2) is 0 Å². The highest BCUT2D eigenvalue weighted by atomic mass is 32.2. The van der Waals surface area contributed by atoms with Crippen molar-refractivity contribution in [1.82, 2.24) is 4.31 Å². The van der Waals surface area contributed by atoms with Crippen LogP contribution < -0.4 is 0 Å². The number of morpholine rings is 1. The number of sulfonamides is 1. The minimum Gasteiger partial charge on any atom is -0.457 e. The zero-order valence-corrected chi connectivity index (χ0v) is 17.1. The molecule has 1 saturated heterocycles. The number of rotatable bonds is 5. The topological polar surface area (TPSA) is 72.9 Å². The van der Waals surface area contributed by atoms with Crippen LogP contribution in [0.3, 0.4) is 0 Å². The van der Waals surface area contributed by atoms with E-state index in [-0.39, 0.29) is 42.4 Å². The summed E-state index contributed by atoms with van der Waals surface area (Å²) in [6.45, 7) is 6.35. The molecule has 0 amide bonds. The zero-order chi connectivity index (χ0) is 20.3. The number of carbonyl (C=O) groups excluding carboxylic acids is 1. The molecule has 0 unspecified atom stereocenters. The first-order valence-corrected chi connectivity index (χ1v) is 10.7. The molecule has 1 aliphatic rings. The molecule has 3 rings (SSSR count). The lowest BCUT2D eigenvalue weighted by molar-refractivity contribution is -0.0440. The minimum atomic E-state index is -3.71. The number of aryl methyl sites for hydroxylation is 1. The molecule has 2 atom stereocenters. The van der Waals surface area contributed by atoms with E-state index in [1.807, 2.05) is 45.0 Å². The van der Waals surface area contributed by atoms with Crippen molar-refractivity contribution in [2.45, 2.75) is 44.5 Å². The van der Waals surface area contributed by atoms with Gasteiger partial charge >= 0.3 is 5.97 Å². The fourth-order valence-electron chi connectivity index (χ4n) is 3.26. The van der Waals surface area contributed by atoms with Gasteiger partial charge in [-0.2, -0.15) is 4.31 Å². The summed E-state index contributed by atoms with van der Waals surface area (Å²) in [6, 6.07) is 13.6. The second-order valence-corrected chi connectivity index (χ2v) is 9.05. The molecule has 1 fully saturated rings. The first-order valence-electron chi connectivity index (χ1n) is 9.24. The molecule has 0 aromatic heterocycles. The molecule has 0 aliphatic carbocycles. The van der Waals surface area contributed by atoms with Crippen LogP contribution in [-0.4, -0.2) is 44.0 Å². The lowest BCUT2D eigenvalue weighted by Gasteiger charge is -2.34. The highest BCUT2D eigenvalue weighted by Gasteiger charge is 2.32. The molecule has 28 heavy (non-hydrogen) atoms. The molecular formula is C21H25NO5S. The molecular weight excluding hydrogens is 378 g/mol. The second-order valence-electron chi connectivity index (χ2n) is 7.11. The Morgan fingerprint density at radius 3 is 2.46 bits per heavy atom. The van der Waals surface area contributed by atoms with E-state index < -0.39 is 16.0 Å². The van der Waals surface area contributed by atoms with E-state index >= 15 is 0 Å². The van der Waals surface area contributed by atoms with Crippen LogP contribution in [0.1, 0.15) is 35.3 Å². The fourth-order valence-corrected chi connectivity index (χ4v) is 4.90. The summed E-state index contributed by atoms with van der Waals surface area (Å²) in [6.07, 6.45) is -0.360. The number of esters is 1. The van der Waals surface area contributed by atoms with E-state index in [1.165, 1.54) is 16.4 Å². The third kappa shape index (κ3) is 4.60. The van der Waals surface area contributed by atoms with Gasteiger partial charge in [0.05, 0.1) is 22.7 Å². The van der Waals surface area contributed by atoms with Crippen molar-refractivity contribution in [2.24, 2.45) is 0 Å². The van der Waals surface area contributed by atoms with Crippen LogP contribution in [0.5, 0.6) is 0 Å². The third-order valence-electron chi connectivity index (χ3n) is 4.71. The van der Waals surface area contributed by atoms with Gasteiger partial charge in [-0.05, 0) is 50.1 Å². The quantitative estimate of drug-likeness (QED) is 0.717. The molecule has 0 saturated carbocycles. The van der Waals surface area contributed by atoms with Gasteiger partial charge in [0.25, 0.3) is 0 Å². The van der Waals surface area contributed by atoms with Crippen LogP contribution in [0.2, 0.25) is 0 Å². The van der Waals surface area contributed by atoms with Gasteiger partial charge in [0, 0.05) is 13.1 Å². The van der Waals surface area contributed by atoms with Crippen molar-refractivity contribution >= 4 is 16.0 Å². The molecule has 1 aliphatic heterocycles. The van der Waals surface area contributed by atoms with Crippen LogP contribution in [-0.2, 0) is 26.1 Å². The Kier molecular flexibility index (Phi) is 6.17. The van der Waals surface area contributed by atoms with E-state index in [4.69, 9.17) is 9.47 Å². The minimum absolute atomic E-state index is 0.0825. The van der Waals surface area contributed by atoms with Gasteiger partial charge in [0.1, 0.15) is 6.61 Å². The Balaban J connectivity index is 1.76. The summed E-state index contributed by atoms with van der Waals surface area (Å²) in [5.74, 6) is -0.552. The molecule has 2 aromatic rings. The van der Waals surface area contributed by atoms with Gasteiger partial charge in [-0.1, -0.05) is 30.3 Å². The summed E-state index contributed by atoms with van der Waals surface area (Å²) in [4.78, 5) is 12.5. The molecule has 1 heterocycles. The molecule has 0 radical (unpaired) electrons. The number of hydrogen-bond donors (Lipinski definition) is 0. The molecule has 0 spiro atoms. The number of nitrogens with zero attached hydrogens (tertiary/aromatic N) is 1. The molecule has 6 nitrogen and oxygen atoms in total. The first-order chi connectivity index (χ1) is 13.3. The van der Waals surface area contributed by atoms with E-state index in [1.54, 1.807) is 12.1 Å². The van der Waals surface area contributed by atoms with Crippen LogP contribution in [0.25, 0.3) is 0 Å². The maximum atomic E-state index is 13.0. The highest BCUT2D eigenvalue weighted by molar-refractivity contribution is 7.89. The van der Waals surface area contributed by atoms with Crippen LogP contribution >= 0.6 is 0 Å². The van der Waals surface area contributed by atoms with Gasteiger partial charge in [-0.15, -0.1) is 0 Å². The third-order valence-corrected chi connectivity index (χ3v) is 6.54. The number of carbonyl (C=O) groups is 1. The van der Waals surface area contributed by atoms with E-state index in [2.05, 4.69) is 0 Å². The Morgan fingerprint density at radius 1 is 1.11 bits per heavy atom. The Labute approximate surface area is 166 Å². The van der Waals surface area contributed by atoms with E-state index in [0.29, 0.717) is 0 Å². The predicted octanol–water partition coefficient (Wildman–Crippen LogP) is 3.15. The smallest absolute Gasteiger partial charge is 0.338 e. The predicted molar refractivity (Wildman–Crippen MR) is 106 cm³/mol. The normalized spacial score (nSPS) is 20.7. The van der Waals surface area contributed by atoms with Gasteiger partial charge in [-0.3, -0.25) is 0 Å². The maximum absolute atomic E-state index is 13.0. The molecule has 0 N–H and O–H groups in total. The summed E-state index contributed by atoms with van der Waals surface area (Å²) >= 11 is 0. The average Bonchev–Trinajstić information content (AvgIpc) is 2.66. The van der Waals surface area contributed by atoms with Gasteiger partial charge < -0.3 is 9.47 Å². The number of ether oxygens (including phenoxy) is 2. The zero-order valence-electron chi connectivity index (χ0n) is 16.3. The monoisotopic (exact) mass is 403 g/mol. The Hall–Kier alpha value is -2.22. The summed E-state index contributed by atoms with van der Waals surface area (Å²) in [5.41, 5.74) is 2.15. The van der Waals surface area contributed by atoms with Crippen molar-refractivity contribution < 1.29 is 22.7 Å². The van der Waals surface area contributed by atoms with Crippen LogP contribution in [0, 0.1) is 6.92 Å². The Bertz CT molecular complexity index is 947. The lowest BCUT2D eigenvalue weighted by Crippen LogP contribution is -2.48. The first kappa shape index (κ1) is 20.5. The maximum Gasteiger partial charge on any atom is 0.338 e. The van der Waals surface area contributed by atoms with Crippen molar-refractivity contribution in [2.75, 3.05) is 13.1 Å². The molecule has 150 valence electrons. The summed E-state index contributed by atoms with van der Waals surface area (Å²) < 4.78 is 38.4. The van der Waals surface area contributed by atoms with Crippen molar-refractivity contribution in [3.63, 3.8) is 0 Å². The highest BCUT2D eigenvalue weighted by Crippen LogP contribution is 2.22. The number of hydrogen-bond acceptors (Lipinski definition) is 5. The van der Waals surface area contributed by atoms with Crippen molar-refractivity contribution in [1.29, 1.82) is 0 Å². The standard InChI is InChI=1S/C21H25NO5S/c1-15-7-4-5-8-19(15)14-26-21(23)18-9-6-10-20(11-18)28(24,25)22-12-16(2)27-17(3)13-22/h4-11,16-17H,12-14H2,1-3H3/t16-,17+. The van der Waals surface area contributed by atoms with Crippen LogP contribution in [0.15, 0.2) is 53.4 Å². The molecule has 0 bridgehead atoms. The van der Waals surface area contributed by atoms with Crippen molar-refractivity contribution in [3.8, 4) is 0 Å². The largest absolute Gasteiger partial charge is 0.457 e. The summed E-state index contributed by atoms with van der Waals surface area (Å²) in [7, 11) is -3.71. The SMILES string of the molecule is Cc1ccccc1COC(=O)c1cccc(S(=O)(=O)N2C[C@@H](C)O[C@@H](C)C2)c1. The van der Waals surface area contributed by atoms with Crippen molar-refractivity contribution in [3.05, 3.63) is 65.2 Å². The van der Waals surface area contributed by atoms with Gasteiger partial charge in [0.2, 0.25) is 10.0 Å². The fraction of sp³-hybridized carbons (Fsp3) is 0.381. The van der Waals surface area contributed by atoms with E-state index in [0.717, 1.165) is 11.1 Å². The van der Waals surface area contributed by atoms with Crippen LogP contribution in [0.4, 0.5) is 0 Å². The molecule has 7 heteroatoms. The summed E-state index contributed by atoms with van der Waals surface area (Å²) in [5, 5.41) is 0. The average molecular weight is 404 g/mol. The molecule has 2 aromatic carbocycles. The lowest BCUT2D eigenvalue weighted by atomic mass is 10.1. The second kappa shape index (κ2) is 8.43. The number of benzene rings is 2. The Morgan fingerprint density at radius 2 is 1.79 bits per heavy atom. The van der Waals surface area contributed by atoms with E-state index in [9.17, 15) is 13.2 Å². The van der Waals surface area contributed by atoms with Gasteiger partial charge in [-0.25, -0.2) is 13.2 Å².